The number of fused-ring (bicyclic) bond motifs is 12. The highest BCUT2D eigenvalue weighted by atomic mass is 16.6. The highest BCUT2D eigenvalue weighted by Gasteiger charge is 2.54. The summed E-state index contributed by atoms with van der Waals surface area (Å²) in [6.07, 6.45) is 0.872. The number of carboxylic acids is 1. The van der Waals surface area contributed by atoms with Gasteiger partial charge in [0.25, 0.3) is 0 Å². The van der Waals surface area contributed by atoms with E-state index in [1.54, 1.807) is 6.07 Å². The van der Waals surface area contributed by atoms with Crippen molar-refractivity contribution in [1.29, 1.82) is 0 Å². The molecule has 0 radical (unpaired) electrons. The number of carboxylic acid groups (broad SMARTS) is 1. The van der Waals surface area contributed by atoms with E-state index in [4.69, 9.17) is 27.7 Å². The molecule has 15 heteroatoms. The molecular weight excluding hydrogens is 1730 g/mol. The highest BCUT2D eigenvalue weighted by molar-refractivity contribution is 6.09. The third kappa shape index (κ3) is 19.7. The lowest BCUT2D eigenvalue weighted by Crippen LogP contribution is -2.33. The average molecular weight is 1860 g/mol. The summed E-state index contributed by atoms with van der Waals surface area (Å²) in [7, 11) is 0. The second kappa shape index (κ2) is 42.4. The summed E-state index contributed by atoms with van der Waals surface area (Å²) in [6.45, 7) is 58.2. The van der Waals surface area contributed by atoms with Crippen LogP contribution in [0.15, 0.2) is 273 Å². The molecule has 0 aromatic heterocycles. The fourth-order valence-electron chi connectivity index (χ4n) is 20.8. The van der Waals surface area contributed by atoms with Crippen LogP contribution in [-0.4, -0.2) is 95.6 Å². The number of ether oxygens (including phenoxy) is 2. The molecule has 0 bridgehead atoms. The second-order valence-electron chi connectivity index (χ2n) is 37.3. The van der Waals surface area contributed by atoms with Crippen LogP contribution in [0.3, 0.4) is 0 Å². The molecule has 11 aromatic carbocycles. The van der Waals surface area contributed by atoms with Gasteiger partial charge in [0.15, 0.2) is 5.60 Å². The van der Waals surface area contributed by atoms with Crippen molar-refractivity contribution in [2.45, 2.75) is 164 Å². The Morgan fingerprint density at radius 1 is 0.336 bits per heavy atom. The van der Waals surface area contributed by atoms with Crippen LogP contribution in [0.25, 0.3) is 100 Å². The molecule has 1 N–H and O–H groups in total. The van der Waals surface area contributed by atoms with Crippen LogP contribution in [0.5, 0.6) is 11.5 Å². The van der Waals surface area contributed by atoms with Gasteiger partial charge in [-0.05, 0) is 306 Å². The zero-order valence-electron chi connectivity index (χ0n) is 85.9. The van der Waals surface area contributed by atoms with Gasteiger partial charge in [-0.15, -0.1) is 0 Å². The van der Waals surface area contributed by atoms with Gasteiger partial charge in [0.05, 0.1) is 34.3 Å². The predicted molar refractivity (Wildman–Crippen MR) is 582 cm³/mol. The van der Waals surface area contributed by atoms with Gasteiger partial charge in [0, 0.05) is 184 Å². The number of benzene rings is 14. The average Bonchev–Trinajstić information content (AvgIpc) is 1.51. The zero-order valence-corrected chi connectivity index (χ0v) is 85.9. The molecule has 19 rings (SSSR count). The van der Waals surface area contributed by atoms with Crippen molar-refractivity contribution in [2.24, 2.45) is 4.99 Å². The highest BCUT2D eigenvalue weighted by Crippen LogP contribution is 2.58. The first-order valence-corrected chi connectivity index (χ1v) is 50.3. The van der Waals surface area contributed by atoms with Crippen molar-refractivity contribution in [3.05, 3.63) is 365 Å². The first-order valence-electron chi connectivity index (χ1n) is 50.3. The minimum absolute atomic E-state index is 0.293. The third-order valence-electron chi connectivity index (χ3n) is 28.3. The summed E-state index contributed by atoms with van der Waals surface area (Å²) < 4.78 is 37.3. The fourth-order valence-corrected chi connectivity index (χ4v) is 20.8. The Hall–Kier alpha value is -14.6. The number of rotatable bonds is 23. The zero-order chi connectivity index (χ0) is 99.2. The Balaban J connectivity index is 0.000000135. The van der Waals surface area contributed by atoms with Crippen molar-refractivity contribution >= 4 is 73.3 Å². The smallest absolute Gasteiger partial charge is 0.340 e. The van der Waals surface area contributed by atoms with Gasteiger partial charge in [-0.25, -0.2) is 23.7 Å². The van der Waals surface area contributed by atoms with E-state index in [0.29, 0.717) is 16.7 Å². The largest absolute Gasteiger partial charge is 0.478 e. The van der Waals surface area contributed by atoms with Gasteiger partial charge in [0.1, 0.15) is 71.7 Å². The molecule has 5 heterocycles. The first-order chi connectivity index (χ1) is 67.6. The van der Waals surface area contributed by atoms with Crippen molar-refractivity contribution in [1.82, 2.24) is 9.15 Å². The predicted octanol–water partition coefficient (Wildman–Crippen LogP) is 28.5. The van der Waals surface area contributed by atoms with Gasteiger partial charge in [-0.3, -0.25) is 0 Å². The van der Waals surface area contributed by atoms with Crippen LogP contribution < -0.4 is 49.6 Å². The topological polar surface area (TPSA) is 144 Å². The van der Waals surface area contributed by atoms with Gasteiger partial charge in [-0.2, -0.15) is 0 Å². The summed E-state index contributed by atoms with van der Waals surface area (Å²) in [4.78, 5) is 39.6. The van der Waals surface area contributed by atoms with Crippen LogP contribution in [-0.2, 0) is 16.8 Å². The summed E-state index contributed by atoms with van der Waals surface area (Å²) in [5.41, 5.74) is 35.0. The van der Waals surface area contributed by atoms with Gasteiger partial charge >= 0.3 is 11.9 Å². The number of anilines is 4. The Kier molecular flexibility index (Phi) is 29.8. The molecule has 0 atom stereocenters. The number of carbonyl (C=O) groups excluding carboxylic acids is 1. The van der Waals surface area contributed by atoms with E-state index >= 15 is 0 Å². The Labute approximate surface area is 826 Å². The lowest BCUT2D eigenvalue weighted by Gasteiger charge is -2.38. The van der Waals surface area contributed by atoms with Gasteiger partial charge < -0.3 is 47.4 Å². The molecule has 11 aromatic rings. The van der Waals surface area contributed by atoms with E-state index in [-0.39, 0.29) is 5.97 Å². The van der Waals surface area contributed by atoms with Crippen LogP contribution in [0, 0.1) is 69.2 Å². The molecule has 0 saturated heterocycles. The molecule has 8 aliphatic rings. The molecule has 3 aliphatic carbocycles. The van der Waals surface area contributed by atoms with E-state index in [1.165, 1.54) is 88.9 Å². The fraction of sp³-hybridized carbons (Fsp3) is 0.288. The third-order valence-corrected chi connectivity index (χ3v) is 28.3. The minimum atomic E-state index is -1.02. The van der Waals surface area contributed by atoms with Gasteiger partial charge in [-0.1, -0.05) is 137 Å². The summed E-state index contributed by atoms with van der Waals surface area (Å²) in [6, 6.07) is 89.5. The SMILES string of the molecule is CCN(CC)c1ccc2c(-c3ccc(C)cc3C(=O)O)c3ccc(=[N+](CC)CC)cc-3oc2c1.CCN(CC)c1ccc2c(-c3ccc(C)cc3C)c3ccc(=[N+](CC)CC)cc-3oc2c1.CCN(CC)c1ccc2c(c1)Oc1cc(N(CC)CC)ccc1C21OC(=O)c2cc(C)ccc21.Cc1ccc(Cc2ccc3c(-c4ccc(C)cc4C)c4ccc(=Nc5ccc(C)cc5C)cc-4oc3c2)c(C)c1. The number of aryl methyl sites for hydroxylation is 10. The maximum Gasteiger partial charge on any atom is 0.340 e. The lowest BCUT2D eigenvalue weighted by atomic mass is 9.77. The maximum absolute atomic E-state index is 13.2. The normalized spacial score (nSPS) is 12.3. The van der Waals surface area contributed by atoms with E-state index in [2.05, 4.69) is 386 Å². The molecule has 0 saturated carbocycles. The van der Waals surface area contributed by atoms with Crippen molar-refractivity contribution in [3.63, 3.8) is 0 Å². The molecule has 0 fully saturated rings. The number of nitrogens with zero attached hydrogens (tertiary/aromatic N) is 7. The Morgan fingerprint density at radius 2 is 0.707 bits per heavy atom. The summed E-state index contributed by atoms with van der Waals surface area (Å²) in [5.74, 6) is 2.77. The molecule has 140 heavy (non-hydrogen) atoms. The van der Waals surface area contributed by atoms with Crippen LogP contribution >= 0.6 is 0 Å². The van der Waals surface area contributed by atoms with Crippen molar-refractivity contribution < 1.29 is 37.4 Å². The molecule has 716 valence electrons. The van der Waals surface area contributed by atoms with Gasteiger partial charge in [0.2, 0.25) is 10.7 Å². The number of carbonyl (C=O) groups is 2. The van der Waals surface area contributed by atoms with E-state index in [9.17, 15) is 14.7 Å². The molecule has 1 spiro atoms. The Morgan fingerprint density at radius 3 is 1.16 bits per heavy atom. The van der Waals surface area contributed by atoms with E-state index in [1.807, 2.05) is 44.2 Å². The van der Waals surface area contributed by atoms with Crippen LogP contribution in [0.4, 0.5) is 28.4 Å². The number of hydrogen-bond acceptors (Lipinski definition) is 12. The number of esters is 1. The monoisotopic (exact) mass is 1860 g/mol. The number of hydrogen-bond donors (Lipinski definition) is 1. The maximum atomic E-state index is 13.2. The van der Waals surface area contributed by atoms with Crippen molar-refractivity contribution in [3.8, 4) is 78.9 Å². The summed E-state index contributed by atoms with van der Waals surface area (Å²) in [5, 5.41) is 16.4. The lowest BCUT2D eigenvalue weighted by molar-refractivity contribution is 0.0224. The van der Waals surface area contributed by atoms with Crippen LogP contribution in [0.2, 0.25) is 0 Å². The van der Waals surface area contributed by atoms with E-state index in [0.717, 1.165) is 230 Å². The van der Waals surface area contributed by atoms with Crippen LogP contribution in [0.1, 0.15) is 187 Å². The number of aromatic carboxylic acids is 1. The standard InChI is InChI=1S/C38H35NO.2C29H32N2O3.C29H35N2O/c1-23-7-11-30(26(4)17-23)20-29-10-14-33-36(21-29)40-37-22-31(39-35-16-9-25(3)19-28(35)6)12-15-34(37)38(33)32-13-8-24(2)18-27(32)5;1-6-30(7-2)20-11-14-24-26(17-20)33-27-18-21(31(8-3)9-4)12-15-25(27)29(24)23-13-10-19(5)16-22(23)28(32)34-29;1-6-30(7-2)20-11-14-23-26(17-20)34-27-18-21(31(8-3)9-4)12-15-24(27)28(23)22-13-10-19(5)16-25(22)29(32)33;1-7-30(8-2)22-12-15-25-27(18-22)32-28-19-23(31(9-3)10-4)13-16-26(28)29(25)24-14-11-20(5)17-21(24)6/h7-19,21-22H,20H2,1-6H3;2*10-18H,6-9H2,1-5H3;11-19H,7-10H2,1-6H3/q;;;+1/p+1. The molecular formula is C125H135N7O8+2. The van der Waals surface area contributed by atoms with E-state index < -0.39 is 11.6 Å². The van der Waals surface area contributed by atoms with Crippen molar-refractivity contribution in [2.75, 3.05) is 98.1 Å². The quantitative estimate of drug-likeness (QED) is 0.0370. The first kappa shape index (κ1) is 98.5. The molecule has 0 unspecified atom stereocenters. The molecule has 0 amide bonds. The summed E-state index contributed by atoms with van der Waals surface area (Å²) >= 11 is 0. The minimum Gasteiger partial charge on any atom is -0.478 e. The second-order valence-corrected chi connectivity index (χ2v) is 37.3. The molecule has 15 nitrogen and oxygen atoms in total. The molecule has 5 aliphatic heterocycles. The Bertz CT molecular complexity index is 7600.